The third-order valence-corrected chi connectivity index (χ3v) is 11.4. The molecule has 1 aliphatic rings. The molecule has 164 valence electrons. The molecule has 0 unspecified atom stereocenters. The molecule has 0 N–H and O–H groups in total. The Morgan fingerprint density at radius 2 is 1.83 bits per heavy atom. The van der Waals surface area contributed by atoms with Gasteiger partial charge in [-0.2, -0.15) is 0 Å². The first kappa shape index (κ1) is 24.4. The van der Waals surface area contributed by atoms with E-state index in [4.69, 9.17) is 13.9 Å². The standard InChI is InChI=1S/C22H37NO4SSi/c1-21(2,3)29(8,9)27-18(17-15-25-22(4,5)26-17)19(20(24)23(6)7)28-16-13-11-10-12-14-16/h10-14,17-19H,15H2,1-9H3/t17-,18-,19+/m1/s1. The van der Waals surface area contributed by atoms with Crippen molar-refractivity contribution >= 4 is 26.0 Å². The second-order valence-electron chi connectivity index (χ2n) is 9.79. The molecule has 29 heavy (non-hydrogen) atoms. The van der Waals surface area contributed by atoms with E-state index >= 15 is 0 Å². The summed E-state index contributed by atoms with van der Waals surface area (Å²) in [4.78, 5) is 16.0. The molecule has 0 radical (unpaired) electrons. The van der Waals surface area contributed by atoms with Gasteiger partial charge in [-0.1, -0.05) is 39.0 Å². The normalized spacial score (nSPS) is 21.6. The summed E-state index contributed by atoms with van der Waals surface area (Å²) < 4.78 is 18.9. The second-order valence-corrected chi connectivity index (χ2v) is 15.8. The smallest absolute Gasteiger partial charge is 0.238 e. The largest absolute Gasteiger partial charge is 0.409 e. The average Bonchev–Trinajstić information content (AvgIpc) is 2.97. The van der Waals surface area contributed by atoms with Crippen LogP contribution < -0.4 is 0 Å². The number of rotatable bonds is 7. The van der Waals surface area contributed by atoms with Gasteiger partial charge >= 0.3 is 0 Å². The van der Waals surface area contributed by atoms with Crippen LogP contribution in [0.15, 0.2) is 35.2 Å². The van der Waals surface area contributed by atoms with Crippen molar-refractivity contribution < 1.29 is 18.7 Å². The molecule has 5 nitrogen and oxygen atoms in total. The van der Waals surface area contributed by atoms with E-state index in [1.165, 1.54) is 0 Å². The minimum atomic E-state index is -2.16. The van der Waals surface area contributed by atoms with Crippen molar-refractivity contribution in [2.24, 2.45) is 0 Å². The molecule has 0 saturated carbocycles. The van der Waals surface area contributed by atoms with E-state index in [1.807, 2.05) is 44.2 Å². The van der Waals surface area contributed by atoms with Crippen LogP contribution in [0.3, 0.4) is 0 Å². The van der Waals surface area contributed by atoms with Gasteiger partial charge in [0, 0.05) is 19.0 Å². The van der Waals surface area contributed by atoms with E-state index < -0.39 is 25.5 Å². The Bertz CT molecular complexity index is 688. The van der Waals surface area contributed by atoms with E-state index in [1.54, 1.807) is 30.8 Å². The fourth-order valence-electron chi connectivity index (χ4n) is 2.89. The predicted molar refractivity (Wildman–Crippen MR) is 122 cm³/mol. The summed E-state index contributed by atoms with van der Waals surface area (Å²) in [5, 5.41) is -0.410. The second kappa shape index (κ2) is 9.10. The first-order chi connectivity index (χ1) is 13.2. The molecule has 1 amide bonds. The van der Waals surface area contributed by atoms with Crippen molar-refractivity contribution in [3.8, 4) is 0 Å². The summed E-state index contributed by atoms with van der Waals surface area (Å²) in [6.45, 7) is 15.3. The SMILES string of the molecule is CN(C)C(=O)[C@@H](Sc1ccccc1)[C@H](O[Si](C)(C)C(C)(C)C)[C@H]1COC(C)(C)O1. The number of ether oxygens (including phenoxy) is 2. The van der Waals surface area contributed by atoms with Gasteiger partial charge in [0.2, 0.25) is 5.91 Å². The van der Waals surface area contributed by atoms with Gasteiger partial charge in [0.25, 0.3) is 0 Å². The highest BCUT2D eigenvalue weighted by atomic mass is 32.2. The van der Waals surface area contributed by atoms with E-state index in [-0.39, 0.29) is 17.0 Å². The Hall–Kier alpha value is -0.863. The molecular formula is C22H37NO4SSi. The molecule has 0 aliphatic carbocycles. The molecule has 1 aliphatic heterocycles. The Balaban J connectivity index is 2.43. The van der Waals surface area contributed by atoms with Crippen molar-refractivity contribution in [1.29, 1.82) is 0 Å². The third-order valence-electron chi connectivity index (χ3n) is 5.62. The zero-order chi connectivity index (χ0) is 22.0. The number of hydrogen-bond acceptors (Lipinski definition) is 5. The van der Waals surface area contributed by atoms with Gasteiger partial charge in [-0.25, -0.2) is 0 Å². The third kappa shape index (κ3) is 6.31. The first-order valence-corrected chi connectivity index (χ1v) is 13.9. The van der Waals surface area contributed by atoms with Crippen LogP contribution in [0.1, 0.15) is 34.6 Å². The number of carbonyl (C=O) groups excluding carboxylic acids is 1. The van der Waals surface area contributed by atoms with Gasteiger partial charge in [0.05, 0.1) is 12.7 Å². The number of benzene rings is 1. The van der Waals surface area contributed by atoms with E-state index in [0.717, 1.165) is 4.90 Å². The van der Waals surface area contributed by atoms with Crippen LogP contribution in [0.5, 0.6) is 0 Å². The fraction of sp³-hybridized carbons (Fsp3) is 0.682. The molecule has 0 aromatic heterocycles. The fourth-order valence-corrected chi connectivity index (χ4v) is 5.59. The van der Waals surface area contributed by atoms with E-state index in [0.29, 0.717) is 6.61 Å². The Kier molecular flexibility index (Phi) is 7.66. The molecule has 3 atom stereocenters. The lowest BCUT2D eigenvalue weighted by molar-refractivity contribution is -0.153. The van der Waals surface area contributed by atoms with Crippen LogP contribution >= 0.6 is 11.8 Å². The summed E-state index contributed by atoms with van der Waals surface area (Å²) in [7, 11) is 1.42. The molecular weight excluding hydrogens is 402 g/mol. The maximum absolute atomic E-state index is 13.3. The molecule has 1 heterocycles. The molecule has 1 aromatic carbocycles. The molecule has 0 spiro atoms. The number of nitrogens with zero attached hydrogens (tertiary/aromatic N) is 1. The average molecular weight is 440 g/mol. The molecule has 1 aromatic rings. The summed E-state index contributed by atoms with van der Waals surface area (Å²) in [5.41, 5.74) is 0. The van der Waals surface area contributed by atoms with Crippen molar-refractivity contribution in [2.75, 3.05) is 20.7 Å². The first-order valence-electron chi connectivity index (χ1n) is 10.2. The zero-order valence-electron chi connectivity index (χ0n) is 19.3. The highest BCUT2D eigenvalue weighted by Gasteiger charge is 2.49. The van der Waals surface area contributed by atoms with E-state index in [9.17, 15) is 4.79 Å². The molecule has 1 saturated heterocycles. The number of amides is 1. The lowest BCUT2D eigenvalue weighted by atomic mass is 10.1. The number of thioether (sulfide) groups is 1. The van der Waals surface area contributed by atoms with Crippen LogP contribution in [0, 0.1) is 0 Å². The molecule has 0 bridgehead atoms. The lowest BCUT2D eigenvalue weighted by Gasteiger charge is -2.42. The van der Waals surface area contributed by atoms with Crippen molar-refractivity contribution in [3.05, 3.63) is 30.3 Å². The van der Waals surface area contributed by atoms with Crippen LogP contribution in [-0.4, -0.2) is 63.1 Å². The number of hydrogen-bond donors (Lipinski definition) is 0. The Morgan fingerprint density at radius 1 is 1.24 bits per heavy atom. The summed E-state index contributed by atoms with van der Waals surface area (Å²) in [5.74, 6) is -0.654. The quantitative estimate of drug-likeness (QED) is 0.452. The number of carbonyl (C=O) groups is 1. The highest BCUT2D eigenvalue weighted by molar-refractivity contribution is 8.00. The van der Waals surface area contributed by atoms with Crippen molar-refractivity contribution in [2.45, 2.75) is 80.9 Å². The molecule has 1 fully saturated rings. The monoisotopic (exact) mass is 439 g/mol. The Labute approximate surface area is 181 Å². The van der Waals surface area contributed by atoms with Gasteiger partial charge in [-0.3, -0.25) is 4.79 Å². The van der Waals surface area contributed by atoms with Crippen LogP contribution in [0.4, 0.5) is 0 Å². The van der Waals surface area contributed by atoms with Crippen LogP contribution in [0.25, 0.3) is 0 Å². The van der Waals surface area contributed by atoms with Gasteiger partial charge in [-0.15, -0.1) is 11.8 Å². The van der Waals surface area contributed by atoms with Gasteiger partial charge < -0.3 is 18.8 Å². The molecule has 2 rings (SSSR count). The maximum Gasteiger partial charge on any atom is 0.238 e. The maximum atomic E-state index is 13.3. The minimum Gasteiger partial charge on any atom is -0.409 e. The zero-order valence-corrected chi connectivity index (χ0v) is 21.1. The summed E-state index contributed by atoms with van der Waals surface area (Å²) in [6, 6.07) is 10.0. The van der Waals surface area contributed by atoms with E-state index in [2.05, 4.69) is 33.9 Å². The van der Waals surface area contributed by atoms with Crippen LogP contribution in [0.2, 0.25) is 18.1 Å². The lowest BCUT2D eigenvalue weighted by Crippen LogP contribution is -2.54. The van der Waals surface area contributed by atoms with Crippen molar-refractivity contribution in [1.82, 2.24) is 4.90 Å². The predicted octanol–water partition coefficient (Wildman–Crippen LogP) is 4.78. The van der Waals surface area contributed by atoms with Gasteiger partial charge in [0.1, 0.15) is 11.4 Å². The van der Waals surface area contributed by atoms with Crippen molar-refractivity contribution in [3.63, 3.8) is 0 Å². The minimum absolute atomic E-state index is 0.0172. The summed E-state index contributed by atoms with van der Waals surface area (Å²) in [6.07, 6.45) is -0.706. The highest BCUT2D eigenvalue weighted by Crippen LogP contribution is 2.41. The topological polar surface area (TPSA) is 48.0 Å². The molecule has 7 heteroatoms. The van der Waals surface area contributed by atoms with Crippen LogP contribution in [-0.2, 0) is 18.7 Å². The Morgan fingerprint density at radius 3 is 2.28 bits per heavy atom. The van der Waals surface area contributed by atoms with Gasteiger partial charge in [-0.05, 0) is 44.1 Å². The van der Waals surface area contributed by atoms with Gasteiger partial charge in [0.15, 0.2) is 14.1 Å². The summed E-state index contributed by atoms with van der Waals surface area (Å²) >= 11 is 1.54.